The standard InChI is InChI=1S/C19H25N5O3S/c1-13-5-7-15(8-6-13)21-16(25)18-23-22-17(28-18)14-4-3-10-24(12-14)19(26)20-9-11-27-2/h5-8,14H,3-4,9-12H2,1-2H3,(H,20,26)(H,21,25). The molecular weight excluding hydrogens is 378 g/mol. The molecule has 150 valence electrons. The minimum Gasteiger partial charge on any atom is -0.383 e. The van der Waals surface area contributed by atoms with Crippen molar-refractivity contribution in [3.05, 3.63) is 39.8 Å². The van der Waals surface area contributed by atoms with Gasteiger partial charge in [0.2, 0.25) is 5.01 Å². The summed E-state index contributed by atoms with van der Waals surface area (Å²) < 4.78 is 4.96. The number of anilines is 1. The topological polar surface area (TPSA) is 96.4 Å². The highest BCUT2D eigenvalue weighted by molar-refractivity contribution is 7.13. The van der Waals surface area contributed by atoms with Crippen LogP contribution in [-0.4, -0.2) is 60.4 Å². The molecular formula is C19H25N5O3S. The van der Waals surface area contributed by atoms with Gasteiger partial charge in [-0.05, 0) is 31.9 Å². The maximum atomic E-state index is 12.4. The van der Waals surface area contributed by atoms with E-state index in [1.54, 1.807) is 12.0 Å². The van der Waals surface area contributed by atoms with Crippen LogP contribution < -0.4 is 10.6 Å². The first-order chi connectivity index (χ1) is 13.6. The summed E-state index contributed by atoms with van der Waals surface area (Å²) in [6.07, 6.45) is 1.82. The van der Waals surface area contributed by atoms with Crippen molar-refractivity contribution in [1.82, 2.24) is 20.4 Å². The average molecular weight is 404 g/mol. The molecule has 9 heteroatoms. The normalized spacial score (nSPS) is 16.6. The quantitative estimate of drug-likeness (QED) is 0.723. The molecule has 1 saturated heterocycles. The molecule has 1 aliphatic heterocycles. The number of ether oxygens (including phenoxy) is 1. The van der Waals surface area contributed by atoms with Gasteiger partial charge in [-0.2, -0.15) is 0 Å². The number of carbonyl (C=O) groups is 2. The molecule has 3 amide bonds. The number of rotatable bonds is 6. The van der Waals surface area contributed by atoms with E-state index in [1.807, 2.05) is 31.2 Å². The van der Waals surface area contributed by atoms with E-state index >= 15 is 0 Å². The van der Waals surface area contributed by atoms with E-state index in [2.05, 4.69) is 20.8 Å². The van der Waals surface area contributed by atoms with Gasteiger partial charge in [0.1, 0.15) is 5.01 Å². The fourth-order valence-electron chi connectivity index (χ4n) is 3.05. The zero-order chi connectivity index (χ0) is 19.9. The van der Waals surface area contributed by atoms with E-state index in [0.29, 0.717) is 24.7 Å². The number of aryl methyl sites for hydroxylation is 1. The first kappa shape index (κ1) is 20.2. The third-order valence-corrected chi connectivity index (χ3v) is 5.67. The highest BCUT2D eigenvalue weighted by Crippen LogP contribution is 2.29. The van der Waals surface area contributed by atoms with Crippen LogP contribution in [0.25, 0.3) is 0 Å². The predicted octanol–water partition coefficient (Wildman–Crippen LogP) is 2.63. The second-order valence-electron chi connectivity index (χ2n) is 6.78. The van der Waals surface area contributed by atoms with Crippen LogP contribution in [-0.2, 0) is 4.74 Å². The molecule has 1 aliphatic rings. The Hall–Kier alpha value is -2.52. The number of piperidine rings is 1. The number of nitrogens with zero attached hydrogens (tertiary/aromatic N) is 3. The first-order valence-electron chi connectivity index (χ1n) is 9.30. The number of urea groups is 1. The maximum Gasteiger partial charge on any atom is 0.317 e. The monoisotopic (exact) mass is 403 g/mol. The summed E-state index contributed by atoms with van der Waals surface area (Å²) in [5.41, 5.74) is 1.85. The van der Waals surface area contributed by atoms with Gasteiger partial charge in [-0.25, -0.2) is 4.79 Å². The third-order valence-electron chi connectivity index (χ3n) is 4.58. The summed E-state index contributed by atoms with van der Waals surface area (Å²) in [5, 5.41) is 15.1. The molecule has 0 spiro atoms. The number of hydrogen-bond donors (Lipinski definition) is 2. The molecule has 1 unspecified atom stereocenters. The van der Waals surface area contributed by atoms with Crippen LogP contribution in [0.3, 0.4) is 0 Å². The lowest BCUT2D eigenvalue weighted by Crippen LogP contribution is -2.45. The molecule has 1 aromatic heterocycles. The van der Waals surface area contributed by atoms with Crippen molar-refractivity contribution in [2.24, 2.45) is 0 Å². The number of likely N-dealkylation sites (tertiary alicyclic amines) is 1. The van der Waals surface area contributed by atoms with Gasteiger partial charge in [0.15, 0.2) is 0 Å². The number of aromatic nitrogens is 2. The molecule has 2 aromatic rings. The molecule has 28 heavy (non-hydrogen) atoms. The van der Waals surface area contributed by atoms with Crippen LogP contribution in [0, 0.1) is 6.92 Å². The van der Waals surface area contributed by atoms with Crippen molar-refractivity contribution in [2.75, 3.05) is 38.7 Å². The second-order valence-corrected chi connectivity index (χ2v) is 7.78. The molecule has 2 N–H and O–H groups in total. The van der Waals surface area contributed by atoms with Gasteiger partial charge < -0.3 is 20.3 Å². The Morgan fingerprint density at radius 3 is 2.82 bits per heavy atom. The van der Waals surface area contributed by atoms with Crippen molar-refractivity contribution in [3.8, 4) is 0 Å². The van der Waals surface area contributed by atoms with Crippen LogP contribution in [0.4, 0.5) is 10.5 Å². The lowest BCUT2D eigenvalue weighted by molar-refractivity contribution is 0.102. The maximum absolute atomic E-state index is 12.4. The van der Waals surface area contributed by atoms with Crippen LogP contribution in [0.15, 0.2) is 24.3 Å². The zero-order valence-electron chi connectivity index (χ0n) is 16.1. The van der Waals surface area contributed by atoms with Gasteiger partial charge in [0.05, 0.1) is 6.61 Å². The minimum atomic E-state index is -0.266. The number of carbonyl (C=O) groups excluding carboxylic acids is 2. The van der Waals surface area contributed by atoms with Crippen LogP contribution >= 0.6 is 11.3 Å². The molecule has 0 radical (unpaired) electrons. The summed E-state index contributed by atoms with van der Waals surface area (Å²) >= 11 is 1.29. The molecule has 0 aliphatic carbocycles. The van der Waals surface area contributed by atoms with E-state index in [4.69, 9.17) is 4.74 Å². The van der Waals surface area contributed by atoms with Crippen molar-refractivity contribution < 1.29 is 14.3 Å². The van der Waals surface area contributed by atoms with Gasteiger partial charge in [-0.1, -0.05) is 29.0 Å². The summed E-state index contributed by atoms with van der Waals surface area (Å²) in [4.78, 5) is 26.5. The smallest absolute Gasteiger partial charge is 0.317 e. The fraction of sp³-hybridized carbons (Fsp3) is 0.474. The van der Waals surface area contributed by atoms with E-state index < -0.39 is 0 Å². The van der Waals surface area contributed by atoms with Gasteiger partial charge >= 0.3 is 6.03 Å². The van der Waals surface area contributed by atoms with Crippen LogP contribution in [0.1, 0.15) is 39.1 Å². The number of hydrogen-bond acceptors (Lipinski definition) is 6. The number of nitrogens with one attached hydrogen (secondary N) is 2. The molecule has 0 bridgehead atoms. The predicted molar refractivity (Wildman–Crippen MR) is 108 cm³/mol. The molecule has 8 nitrogen and oxygen atoms in total. The lowest BCUT2D eigenvalue weighted by atomic mass is 9.99. The Labute approximate surface area is 168 Å². The highest BCUT2D eigenvalue weighted by atomic mass is 32.1. The van der Waals surface area contributed by atoms with Crippen molar-refractivity contribution >= 4 is 29.0 Å². The SMILES string of the molecule is COCCNC(=O)N1CCCC(c2nnc(C(=O)Nc3ccc(C)cc3)s2)C1. The summed E-state index contributed by atoms with van der Waals surface area (Å²) in [6, 6.07) is 7.50. The van der Waals surface area contributed by atoms with Crippen molar-refractivity contribution in [3.63, 3.8) is 0 Å². The van der Waals surface area contributed by atoms with Crippen LogP contribution in [0.5, 0.6) is 0 Å². The summed E-state index contributed by atoms with van der Waals surface area (Å²) in [7, 11) is 1.60. The summed E-state index contributed by atoms with van der Waals surface area (Å²) in [6.45, 7) is 4.26. The molecule has 1 fully saturated rings. The number of amides is 3. The first-order valence-corrected chi connectivity index (χ1v) is 10.1. The number of benzene rings is 1. The Morgan fingerprint density at radius 2 is 2.07 bits per heavy atom. The lowest BCUT2D eigenvalue weighted by Gasteiger charge is -2.31. The van der Waals surface area contributed by atoms with E-state index in [0.717, 1.165) is 35.6 Å². The molecule has 3 rings (SSSR count). The van der Waals surface area contributed by atoms with Crippen molar-refractivity contribution in [1.29, 1.82) is 0 Å². The Kier molecular flexibility index (Phi) is 6.94. The number of methoxy groups -OCH3 is 1. The Balaban J connectivity index is 1.58. The third kappa shape index (κ3) is 5.26. The van der Waals surface area contributed by atoms with Gasteiger partial charge in [0.25, 0.3) is 5.91 Å². The Bertz CT molecular complexity index is 808. The second kappa shape index (κ2) is 9.61. The van der Waals surface area contributed by atoms with Crippen LogP contribution in [0.2, 0.25) is 0 Å². The summed E-state index contributed by atoms with van der Waals surface area (Å²) in [5.74, 6) is -0.169. The van der Waals surface area contributed by atoms with Gasteiger partial charge in [-0.15, -0.1) is 10.2 Å². The minimum absolute atomic E-state index is 0.0939. The molecule has 2 heterocycles. The largest absolute Gasteiger partial charge is 0.383 e. The average Bonchev–Trinajstić information content (AvgIpc) is 3.20. The van der Waals surface area contributed by atoms with E-state index in [1.165, 1.54) is 11.3 Å². The molecule has 0 saturated carbocycles. The molecule has 1 aromatic carbocycles. The fourth-order valence-corrected chi connectivity index (χ4v) is 3.91. The van der Waals surface area contributed by atoms with E-state index in [-0.39, 0.29) is 17.9 Å². The van der Waals surface area contributed by atoms with Gasteiger partial charge in [0, 0.05) is 38.3 Å². The molecule has 1 atom stereocenters. The Morgan fingerprint density at radius 1 is 1.29 bits per heavy atom. The highest BCUT2D eigenvalue weighted by Gasteiger charge is 2.28. The van der Waals surface area contributed by atoms with E-state index in [9.17, 15) is 9.59 Å². The van der Waals surface area contributed by atoms with Gasteiger partial charge in [-0.3, -0.25) is 4.79 Å². The van der Waals surface area contributed by atoms with Crippen molar-refractivity contribution in [2.45, 2.75) is 25.7 Å². The zero-order valence-corrected chi connectivity index (χ0v) is 16.9.